The molecule has 0 unspecified atom stereocenters. The van der Waals surface area contributed by atoms with E-state index in [0.717, 1.165) is 46.6 Å². The molecule has 1 aliphatic carbocycles. The van der Waals surface area contributed by atoms with Crippen molar-refractivity contribution in [3.8, 4) is 22.8 Å². The molecule has 0 spiro atoms. The van der Waals surface area contributed by atoms with Gasteiger partial charge >= 0.3 is 5.97 Å². The molecular weight excluding hydrogens is 520 g/mol. The summed E-state index contributed by atoms with van der Waals surface area (Å²) in [5, 5.41) is 5.61. The number of methoxy groups -OCH3 is 1. The minimum Gasteiger partial charge on any atom is -0.497 e. The predicted molar refractivity (Wildman–Crippen MR) is 155 cm³/mol. The van der Waals surface area contributed by atoms with Crippen LogP contribution in [-0.2, 0) is 11.3 Å². The normalized spacial score (nSPS) is 18.2. The predicted octanol–water partition coefficient (Wildman–Crippen LogP) is 5.30. The molecule has 0 amide bonds. The minimum atomic E-state index is -0.452. The molecule has 1 aromatic carbocycles. The van der Waals surface area contributed by atoms with E-state index in [1.165, 1.54) is 6.20 Å². The van der Waals surface area contributed by atoms with Gasteiger partial charge in [0.2, 0.25) is 0 Å². The van der Waals surface area contributed by atoms with E-state index < -0.39 is 5.97 Å². The second-order valence-electron chi connectivity index (χ2n) is 10.8. The van der Waals surface area contributed by atoms with Gasteiger partial charge in [0.15, 0.2) is 17.2 Å². The largest absolute Gasteiger partial charge is 0.497 e. The van der Waals surface area contributed by atoms with Gasteiger partial charge in [0.1, 0.15) is 29.3 Å². The van der Waals surface area contributed by atoms with Gasteiger partial charge in [0.25, 0.3) is 0 Å². The molecule has 7 rings (SSSR count). The van der Waals surface area contributed by atoms with Crippen LogP contribution in [0.2, 0.25) is 0 Å². The molecule has 5 aromatic rings. The summed E-state index contributed by atoms with van der Waals surface area (Å²) in [7, 11) is 1.66. The first-order chi connectivity index (χ1) is 20.1. The number of carbonyl (C=O) groups is 1. The molecule has 10 heteroatoms. The maximum atomic E-state index is 13.0. The zero-order valence-electron chi connectivity index (χ0n) is 23.4. The third kappa shape index (κ3) is 4.25. The maximum Gasteiger partial charge on any atom is 0.343 e. The van der Waals surface area contributed by atoms with E-state index in [9.17, 15) is 4.79 Å². The number of esters is 1. The topological polar surface area (TPSA) is 96.0 Å². The lowest BCUT2D eigenvalue weighted by Gasteiger charge is -2.34. The van der Waals surface area contributed by atoms with Gasteiger partial charge in [0.05, 0.1) is 26.5 Å². The number of fused-ring (bicyclic) bond motifs is 4. The van der Waals surface area contributed by atoms with Gasteiger partial charge in [-0.3, -0.25) is 0 Å². The monoisotopic (exact) mass is 552 g/mol. The number of hydrogen-bond donors (Lipinski definition) is 0. The molecule has 0 bridgehead atoms. The van der Waals surface area contributed by atoms with Crippen molar-refractivity contribution < 1.29 is 19.0 Å². The van der Waals surface area contributed by atoms with Crippen LogP contribution in [0.25, 0.3) is 27.9 Å². The second kappa shape index (κ2) is 10.1. The Labute approximate surface area is 237 Å². The standard InChI is InChI=1S/C31H32N6O4/c1-4-40-31(38)24-16-33-37-29(24)34-26(25-18-36(21-14-19(2)15-21)28-23(25)6-5-11-32-28)27-30(37)35(12-13-41-27)17-20-7-9-22(39-3)10-8-20/h5-11,16,18-19,21H,4,12-15,17H2,1-3H3. The summed E-state index contributed by atoms with van der Waals surface area (Å²) in [4.78, 5) is 25.0. The van der Waals surface area contributed by atoms with Crippen LogP contribution in [-0.4, -0.2) is 57.0 Å². The van der Waals surface area contributed by atoms with Gasteiger partial charge in [-0.1, -0.05) is 19.1 Å². The van der Waals surface area contributed by atoms with Crippen LogP contribution in [0.3, 0.4) is 0 Å². The number of hydrogen-bond acceptors (Lipinski definition) is 8. The number of carbonyl (C=O) groups excluding carboxylic acids is 1. The Balaban J connectivity index is 1.43. The number of rotatable bonds is 7. The number of pyridine rings is 1. The summed E-state index contributed by atoms with van der Waals surface area (Å²) in [6.07, 6.45) is 7.75. The van der Waals surface area contributed by atoms with Crippen molar-refractivity contribution in [2.75, 3.05) is 31.8 Å². The molecule has 4 aromatic heterocycles. The third-order valence-electron chi connectivity index (χ3n) is 8.10. The maximum absolute atomic E-state index is 13.0. The third-order valence-corrected chi connectivity index (χ3v) is 8.10. The number of benzene rings is 1. The van der Waals surface area contributed by atoms with E-state index in [1.807, 2.05) is 24.4 Å². The van der Waals surface area contributed by atoms with Crippen molar-refractivity contribution in [3.63, 3.8) is 0 Å². The Morgan fingerprint density at radius 2 is 1.98 bits per heavy atom. The van der Waals surface area contributed by atoms with Crippen molar-refractivity contribution in [1.29, 1.82) is 0 Å². The Bertz CT molecular complexity index is 1750. The SMILES string of the molecule is CCOC(=O)c1cnn2c3c(c(-c4cn(C5CC(C)C5)c5ncccc45)nc12)OCCN3Cc1ccc(OC)cc1. The highest BCUT2D eigenvalue weighted by Gasteiger charge is 2.33. The van der Waals surface area contributed by atoms with E-state index in [-0.39, 0.29) is 6.61 Å². The first-order valence-electron chi connectivity index (χ1n) is 14.1. The highest BCUT2D eigenvalue weighted by atomic mass is 16.5. The van der Waals surface area contributed by atoms with Crippen LogP contribution in [0.5, 0.6) is 11.5 Å². The van der Waals surface area contributed by atoms with E-state index in [4.69, 9.17) is 24.2 Å². The molecule has 2 aliphatic rings. The van der Waals surface area contributed by atoms with Crippen LogP contribution in [0, 0.1) is 5.92 Å². The number of nitrogens with zero attached hydrogens (tertiary/aromatic N) is 6. The summed E-state index contributed by atoms with van der Waals surface area (Å²) in [6, 6.07) is 12.5. The van der Waals surface area contributed by atoms with E-state index in [1.54, 1.807) is 18.5 Å². The first-order valence-corrected chi connectivity index (χ1v) is 14.1. The lowest BCUT2D eigenvalue weighted by molar-refractivity contribution is 0.0528. The lowest BCUT2D eigenvalue weighted by atomic mass is 9.82. The second-order valence-corrected chi connectivity index (χ2v) is 10.8. The fourth-order valence-corrected chi connectivity index (χ4v) is 6.02. The number of aromatic nitrogens is 5. The molecule has 1 aliphatic heterocycles. The Kier molecular flexibility index (Phi) is 6.25. The molecule has 0 atom stereocenters. The highest BCUT2D eigenvalue weighted by molar-refractivity contribution is 5.99. The van der Waals surface area contributed by atoms with E-state index in [2.05, 4.69) is 45.9 Å². The van der Waals surface area contributed by atoms with Crippen LogP contribution in [0.4, 0.5) is 5.82 Å². The van der Waals surface area contributed by atoms with Gasteiger partial charge in [-0.15, -0.1) is 0 Å². The summed E-state index contributed by atoms with van der Waals surface area (Å²) in [5.41, 5.74) is 4.39. The summed E-state index contributed by atoms with van der Waals surface area (Å²) in [6.45, 7) is 6.10. The van der Waals surface area contributed by atoms with Crippen molar-refractivity contribution in [2.24, 2.45) is 5.92 Å². The first kappa shape index (κ1) is 25.4. The van der Waals surface area contributed by atoms with Crippen molar-refractivity contribution >= 4 is 28.5 Å². The Morgan fingerprint density at radius 1 is 1.15 bits per heavy atom. The van der Waals surface area contributed by atoms with Gasteiger partial charge < -0.3 is 23.7 Å². The summed E-state index contributed by atoms with van der Waals surface area (Å²) < 4.78 is 21.1. The molecule has 210 valence electrons. The van der Waals surface area contributed by atoms with Crippen LogP contribution >= 0.6 is 0 Å². The highest BCUT2D eigenvalue weighted by Crippen LogP contribution is 2.46. The van der Waals surface area contributed by atoms with Crippen molar-refractivity contribution in [2.45, 2.75) is 39.3 Å². The quantitative estimate of drug-likeness (QED) is 0.251. The molecule has 0 radical (unpaired) electrons. The fraction of sp³-hybridized carbons (Fsp3) is 0.355. The lowest BCUT2D eigenvalue weighted by Crippen LogP contribution is -2.34. The van der Waals surface area contributed by atoms with E-state index >= 15 is 0 Å². The molecule has 0 N–H and O–H groups in total. The van der Waals surface area contributed by atoms with Gasteiger partial charge in [0, 0.05) is 35.9 Å². The number of anilines is 1. The smallest absolute Gasteiger partial charge is 0.343 e. The molecular formula is C31H32N6O4. The van der Waals surface area contributed by atoms with Crippen LogP contribution in [0.15, 0.2) is 55.0 Å². The molecule has 41 heavy (non-hydrogen) atoms. The van der Waals surface area contributed by atoms with E-state index in [0.29, 0.717) is 54.3 Å². The Morgan fingerprint density at radius 3 is 2.73 bits per heavy atom. The van der Waals surface area contributed by atoms with Crippen molar-refractivity contribution in [3.05, 3.63) is 66.1 Å². The number of ether oxygens (including phenoxy) is 3. The zero-order valence-corrected chi connectivity index (χ0v) is 23.4. The molecule has 0 saturated heterocycles. The summed E-state index contributed by atoms with van der Waals surface area (Å²) in [5.74, 6) is 2.44. The fourth-order valence-electron chi connectivity index (χ4n) is 6.02. The van der Waals surface area contributed by atoms with Gasteiger partial charge in [-0.05, 0) is 55.5 Å². The Hall–Kier alpha value is -4.60. The van der Waals surface area contributed by atoms with Gasteiger partial charge in [-0.25, -0.2) is 14.8 Å². The van der Waals surface area contributed by atoms with Crippen LogP contribution < -0.4 is 14.4 Å². The minimum absolute atomic E-state index is 0.264. The average molecular weight is 553 g/mol. The molecule has 5 heterocycles. The van der Waals surface area contributed by atoms with Crippen molar-refractivity contribution in [1.82, 2.24) is 24.1 Å². The van der Waals surface area contributed by atoms with Crippen LogP contribution in [0.1, 0.15) is 48.7 Å². The van der Waals surface area contributed by atoms with Gasteiger partial charge in [-0.2, -0.15) is 9.61 Å². The molecule has 1 fully saturated rings. The summed E-state index contributed by atoms with van der Waals surface area (Å²) >= 11 is 0. The average Bonchev–Trinajstić information content (AvgIpc) is 3.58. The molecule has 1 saturated carbocycles. The molecule has 10 nitrogen and oxygen atoms in total. The zero-order chi connectivity index (χ0) is 28.1.